The van der Waals surface area contributed by atoms with Crippen molar-refractivity contribution in [1.29, 1.82) is 0 Å². The molecule has 0 unspecified atom stereocenters. The summed E-state index contributed by atoms with van der Waals surface area (Å²) in [7, 11) is -3.69. The third-order valence-corrected chi connectivity index (χ3v) is 9.12. The van der Waals surface area contributed by atoms with E-state index < -0.39 is 16.1 Å². The Bertz CT molecular complexity index is 1420. The number of hydrogen-bond acceptors (Lipinski definition) is 4. The largest absolute Gasteiger partial charge is 0.352 e. The van der Waals surface area contributed by atoms with E-state index >= 15 is 0 Å². The predicted octanol–water partition coefficient (Wildman–Crippen LogP) is 5.11. The Balaban J connectivity index is 1.50. The van der Waals surface area contributed by atoms with Gasteiger partial charge in [-0.05, 0) is 55.8 Å². The van der Waals surface area contributed by atoms with Crippen LogP contribution in [-0.4, -0.2) is 43.8 Å². The molecule has 7 nitrogen and oxygen atoms in total. The third kappa shape index (κ3) is 5.45. The van der Waals surface area contributed by atoms with Gasteiger partial charge in [-0.25, -0.2) is 8.42 Å². The third-order valence-electron chi connectivity index (χ3n) is 6.90. The Labute approximate surface area is 223 Å². The van der Waals surface area contributed by atoms with Crippen molar-refractivity contribution >= 4 is 49.9 Å². The van der Waals surface area contributed by atoms with Gasteiger partial charge in [-0.2, -0.15) is 0 Å². The zero-order valence-corrected chi connectivity index (χ0v) is 22.8. The van der Waals surface area contributed by atoms with Crippen molar-refractivity contribution in [2.24, 2.45) is 0 Å². The average molecular weight is 542 g/mol. The second kappa shape index (κ2) is 11.1. The van der Waals surface area contributed by atoms with E-state index in [9.17, 15) is 18.0 Å². The molecule has 9 heteroatoms. The number of halogens is 1. The lowest BCUT2D eigenvalue weighted by Crippen LogP contribution is -2.49. The zero-order valence-electron chi connectivity index (χ0n) is 21.3. The topological polar surface area (TPSA) is 86.8 Å². The van der Waals surface area contributed by atoms with Crippen LogP contribution in [0, 0.1) is 0 Å². The number of amides is 2. The Morgan fingerprint density at radius 2 is 1.73 bits per heavy atom. The summed E-state index contributed by atoms with van der Waals surface area (Å²) in [4.78, 5) is 28.2. The van der Waals surface area contributed by atoms with Gasteiger partial charge in [0.25, 0.3) is 10.0 Å². The van der Waals surface area contributed by atoms with Gasteiger partial charge in [0.05, 0.1) is 10.6 Å². The highest BCUT2D eigenvalue weighted by atomic mass is 35.5. The van der Waals surface area contributed by atoms with E-state index in [-0.39, 0.29) is 37.4 Å². The van der Waals surface area contributed by atoms with Crippen LogP contribution in [-0.2, 0) is 26.2 Å². The van der Waals surface area contributed by atoms with E-state index in [1.165, 1.54) is 9.21 Å². The first-order valence-corrected chi connectivity index (χ1v) is 14.3. The van der Waals surface area contributed by atoms with Crippen LogP contribution in [0.25, 0.3) is 10.8 Å². The fraction of sp³-hybridized carbons (Fsp3) is 0.357. The summed E-state index contributed by atoms with van der Waals surface area (Å²) < 4.78 is 27.9. The molecule has 1 aliphatic rings. The minimum Gasteiger partial charge on any atom is -0.352 e. The van der Waals surface area contributed by atoms with Gasteiger partial charge in [-0.15, -0.1) is 0 Å². The van der Waals surface area contributed by atoms with E-state index in [2.05, 4.69) is 5.32 Å². The molecule has 3 aromatic carbocycles. The van der Waals surface area contributed by atoms with Crippen molar-refractivity contribution in [3.8, 4) is 0 Å². The van der Waals surface area contributed by atoms with Crippen LogP contribution in [0.3, 0.4) is 0 Å². The van der Waals surface area contributed by atoms with Crippen molar-refractivity contribution in [1.82, 2.24) is 10.2 Å². The molecule has 0 aliphatic carbocycles. The van der Waals surface area contributed by atoms with Crippen LogP contribution in [0.4, 0.5) is 5.69 Å². The van der Waals surface area contributed by atoms with Crippen LogP contribution in [0.2, 0.25) is 5.02 Å². The maximum absolute atomic E-state index is 13.4. The van der Waals surface area contributed by atoms with Gasteiger partial charge in [0.15, 0.2) is 0 Å². The van der Waals surface area contributed by atoms with Gasteiger partial charge >= 0.3 is 0 Å². The molecule has 2 amide bonds. The first kappa shape index (κ1) is 26.9. The number of hydrogen-bond donors (Lipinski definition) is 1. The molecule has 3 aromatic rings. The van der Waals surface area contributed by atoms with Gasteiger partial charge in [-0.3, -0.25) is 13.9 Å². The van der Waals surface area contributed by atoms with E-state index in [4.69, 9.17) is 11.6 Å². The molecule has 0 spiro atoms. The molecule has 1 aliphatic heterocycles. The number of nitrogens with zero attached hydrogens (tertiary/aromatic N) is 2. The second-order valence-electron chi connectivity index (χ2n) is 9.42. The number of anilines is 1. The summed E-state index contributed by atoms with van der Waals surface area (Å²) in [6, 6.07) is 17.3. The van der Waals surface area contributed by atoms with E-state index in [0.29, 0.717) is 27.4 Å². The quantitative estimate of drug-likeness (QED) is 0.386. The summed E-state index contributed by atoms with van der Waals surface area (Å²) in [5, 5.41) is 5.04. The first-order valence-electron chi connectivity index (χ1n) is 12.5. The van der Waals surface area contributed by atoms with Crippen LogP contribution >= 0.6 is 11.6 Å². The van der Waals surface area contributed by atoms with Gasteiger partial charge in [-0.1, -0.05) is 61.0 Å². The van der Waals surface area contributed by atoms with Gasteiger partial charge < -0.3 is 10.2 Å². The van der Waals surface area contributed by atoms with Crippen molar-refractivity contribution < 1.29 is 18.0 Å². The van der Waals surface area contributed by atoms with Crippen molar-refractivity contribution in [2.75, 3.05) is 10.8 Å². The highest BCUT2D eigenvalue weighted by Crippen LogP contribution is 2.42. The highest BCUT2D eigenvalue weighted by molar-refractivity contribution is 7.93. The fourth-order valence-electron chi connectivity index (χ4n) is 4.57. The SMILES string of the molecule is CC[C@@H](C)NC(=O)[C@@H](C)N(Cc1ccccc1Cl)C(=O)CCCN1c2cccc3cccc(c23)S1(=O)=O. The predicted molar refractivity (Wildman–Crippen MR) is 147 cm³/mol. The van der Waals surface area contributed by atoms with E-state index in [1.54, 1.807) is 31.2 Å². The molecule has 0 bridgehead atoms. The average Bonchev–Trinajstić information content (AvgIpc) is 3.10. The lowest BCUT2D eigenvalue weighted by molar-refractivity contribution is -0.140. The molecule has 0 fully saturated rings. The standard InChI is InChI=1S/C28H32ClN3O4S/c1-4-19(2)30-28(34)20(3)31(18-22-10-5-6-13-23(22)29)26(33)16-9-17-32-24-14-7-11-21-12-8-15-25(27(21)24)37(32,35)36/h5-8,10-15,19-20H,4,9,16-18H2,1-3H3,(H,30,34)/t19-,20-/m1/s1. The summed E-state index contributed by atoms with van der Waals surface area (Å²) in [5.74, 6) is -0.474. The van der Waals surface area contributed by atoms with Crippen LogP contribution in [0.5, 0.6) is 0 Å². The number of rotatable bonds is 10. The zero-order chi connectivity index (χ0) is 26.7. The Hall–Kier alpha value is -3.10. The maximum atomic E-state index is 13.4. The van der Waals surface area contributed by atoms with Gasteiger partial charge in [0, 0.05) is 36.0 Å². The van der Waals surface area contributed by atoms with Crippen LogP contribution < -0.4 is 9.62 Å². The summed E-state index contributed by atoms with van der Waals surface area (Å²) in [5.41, 5.74) is 1.37. The molecule has 0 saturated carbocycles. The van der Waals surface area contributed by atoms with Crippen molar-refractivity contribution in [3.63, 3.8) is 0 Å². The molecule has 0 radical (unpaired) electrons. The molecule has 1 N–H and O–H groups in total. The minimum atomic E-state index is -3.69. The van der Waals surface area contributed by atoms with Crippen LogP contribution in [0.1, 0.15) is 45.6 Å². The molecule has 4 rings (SSSR count). The summed E-state index contributed by atoms with van der Waals surface area (Å²) in [6.07, 6.45) is 1.17. The highest BCUT2D eigenvalue weighted by Gasteiger charge is 2.35. The van der Waals surface area contributed by atoms with Gasteiger partial charge in [0.1, 0.15) is 6.04 Å². The summed E-state index contributed by atoms with van der Waals surface area (Å²) >= 11 is 6.36. The normalized spacial score (nSPS) is 15.4. The van der Waals surface area contributed by atoms with E-state index in [1.807, 2.05) is 50.2 Å². The fourth-order valence-corrected chi connectivity index (χ4v) is 6.52. The number of carbonyl (C=O) groups excluding carboxylic acids is 2. The molecule has 196 valence electrons. The van der Waals surface area contributed by atoms with Gasteiger partial charge in [0.2, 0.25) is 11.8 Å². The number of sulfonamides is 1. The Morgan fingerprint density at radius 3 is 2.43 bits per heavy atom. The van der Waals surface area contributed by atoms with E-state index in [0.717, 1.165) is 17.4 Å². The maximum Gasteiger partial charge on any atom is 0.265 e. The van der Waals surface area contributed by atoms with Crippen molar-refractivity contribution in [3.05, 3.63) is 71.2 Å². The smallest absolute Gasteiger partial charge is 0.265 e. The molecule has 37 heavy (non-hydrogen) atoms. The molecular weight excluding hydrogens is 510 g/mol. The summed E-state index contributed by atoms with van der Waals surface area (Å²) in [6.45, 7) is 5.94. The Morgan fingerprint density at radius 1 is 1.03 bits per heavy atom. The first-order chi connectivity index (χ1) is 17.6. The number of nitrogens with one attached hydrogen (secondary N) is 1. The molecular formula is C28H32ClN3O4S. The molecule has 1 heterocycles. The number of carbonyl (C=O) groups is 2. The monoisotopic (exact) mass is 541 g/mol. The lowest BCUT2D eigenvalue weighted by Gasteiger charge is -2.30. The molecule has 0 aromatic heterocycles. The Kier molecular flexibility index (Phi) is 8.09. The molecule has 2 atom stereocenters. The minimum absolute atomic E-state index is 0.0167. The van der Waals surface area contributed by atoms with Crippen LogP contribution in [0.15, 0.2) is 65.6 Å². The second-order valence-corrected chi connectivity index (χ2v) is 11.7. The lowest BCUT2D eigenvalue weighted by atomic mass is 10.1. The molecule has 0 saturated heterocycles. The number of benzene rings is 3. The van der Waals surface area contributed by atoms with Crippen molar-refractivity contribution in [2.45, 2.75) is 63.6 Å².